The highest BCUT2D eigenvalue weighted by Crippen LogP contribution is 2.24. The molecule has 0 aliphatic carbocycles. The third kappa shape index (κ3) is 4.57. The number of carbonyl (C=O) groups excluding carboxylic acids is 1. The summed E-state index contributed by atoms with van der Waals surface area (Å²) in [5.74, 6) is 1.10. The summed E-state index contributed by atoms with van der Waals surface area (Å²) in [5.41, 5.74) is 1.91. The average Bonchev–Trinajstić information content (AvgIpc) is 3.23. The Kier molecular flexibility index (Phi) is 6.36. The molecule has 164 valence electrons. The summed E-state index contributed by atoms with van der Waals surface area (Å²) in [6.45, 7) is 0.408. The maximum absolute atomic E-state index is 12.7. The van der Waals surface area contributed by atoms with Crippen LogP contribution in [0.3, 0.4) is 0 Å². The minimum Gasteiger partial charge on any atom is -0.496 e. The van der Waals surface area contributed by atoms with Gasteiger partial charge in [0.2, 0.25) is 5.91 Å². The molecule has 0 radical (unpaired) electrons. The van der Waals surface area contributed by atoms with E-state index in [0.29, 0.717) is 29.8 Å². The Bertz CT molecular complexity index is 1320. The predicted molar refractivity (Wildman–Crippen MR) is 125 cm³/mol. The zero-order valence-electron chi connectivity index (χ0n) is 17.7. The Balaban J connectivity index is 1.50. The normalized spacial score (nSPS) is 11.0. The van der Waals surface area contributed by atoms with Crippen molar-refractivity contribution in [1.29, 1.82) is 0 Å². The van der Waals surface area contributed by atoms with Gasteiger partial charge < -0.3 is 14.6 Å². The number of methoxy groups -OCH3 is 1. The number of aromatic nitrogens is 4. The number of benzene rings is 2. The van der Waals surface area contributed by atoms with E-state index in [0.717, 1.165) is 21.5 Å². The molecule has 2 aromatic carbocycles. The van der Waals surface area contributed by atoms with Crippen LogP contribution in [0.4, 0.5) is 0 Å². The molecule has 0 saturated carbocycles. The van der Waals surface area contributed by atoms with Gasteiger partial charge in [-0.25, -0.2) is 9.67 Å². The van der Waals surface area contributed by atoms with Gasteiger partial charge in [-0.3, -0.25) is 9.59 Å². The summed E-state index contributed by atoms with van der Waals surface area (Å²) in [4.78, 5) is 34.2. The first-order chi connectivity index (χ1) is 15.5. The van der Waals surface area contributed by atoms with Gasteiger partial charge in [0.25, 0.3) is 5.56 Å². The number of hydrogen-bond acceptors (Lipinski definition) is 5. The fourth-order valence-electron chi connectivity index (χ4n) is 3.47. The van der Waals surface area contributed by atoms with Crippen LogP contribution in [0, 0.1) is 0 Å². The second-order valence-corrected chi connectivity index (χ2v) is 8.26. The Morgan fingerprint density at radius 1 is 1.22 bits per heavy atom. The highest BCUT2D eigenvalue weighted by atomic mass is 79.9. The summed E-state index contributed by atoms with van der Waals surface area (Å²) in [5, 5.41) is 4.71. The highest BCUT2D eigenvalue weighted by Gasteiger charge is 2.15. The maximum atomic E-state index is 12.7. The van der Waals surface area contributed by atoms with E-state index in [4.69, 9.17) is 4.74 Å². The van der Waals surface area contributed by atoms with E-state index < -0.39 is 0 Å². The lowest BCUT2D eigenvalue weighted by atomic mass is 10.1. The number of para-hydroxylation sites is 1. The third-order valence-corrected chi connectivity index (χ3v) is 5.63. The SMILES string of the molecule is COc1ccc(Br)cc1CN(C)C(=O)CCc1nc2c(cnn2-c2ccccc2)c(=O)[nH]1. The van der Waals surface area contributed by atoms with Crippen molar-refractivity contribution in [3.63, 3.8) is 0 Å². The van der Waals surface area contributed by atoms with Crippen molar-refractivity contribution in [1.82, 2.24) is 24.6 Å². The fourth-order valence-corrected chi connectivity index (χ4v) is 3.88. The first kappa shape index (κ1) is 21.8. The van der Waals surface area contributed by atoms with Crippen LogP contribution < -0.4 is 10.3 Å². The summed E-state index contributed by atoms with van der Waals surface area (Å²) in [6, 6.07) is 15.2. The Morgan fingerprint density at radius 3 is 2.75 bits per heavy atom. The third-order valence-electron chi connectivity index (χ3n) is 5.14. The van der Waals surface area contributed by atoms with Crippen LogP contribution in [0.15, 0.2) is 64.0 Å². The van der Waals surface area contributed by atoms with Crippen molar-refractivity contribution in [3.05, 3.63) is 80.9 Å². The van der Waals surface area contributed by atoms with E-state index in [1.165, 1.54) is 6.20 Å². The van der Waals surface area contributed by atoms with Crippen LogP contribution in [-0.2, 0) is 17.8 Å². The lowest BCUT2D eigenvalue weighted by Crippen LogP contribution is -2.27. The number of rotatable bonds is 7. The lowest BCUT2D eigenvalue weighted by molar-refractivity contribution is -0.130. The van der Waals surface area contributed by atoms with Gasteiger partial charge in [-0.2, -0.15) is 5.10 Å². The molecule has 32 heavy (non-hydrogen) atoms. The number of halogens is 1. The Labute approximate surface area is 193 Å². The van der Waals surface area contributed by atoms with Gasteiger partial charge in [0.15, 0.2) is 5.65 Å². The largest absolute Gasteiger partial charge is 0.496 e. The van der Waals surface area contributed by atoms with Crippen molar-refractivity contribution in [3.8, 4) is 11.4 Å². The van der Waals surface area contributed by atoms with Gasteiger partial charge in [-0.1, -0.05) is 34.1 Å². The standard InChI is InChI=1S/C23H22BrN5O3/c1-28(14-15-12-16(24)8-9-19(15)32-2)21(30)11-10-20-26-22-18(23(31)27-20)13-25-29(22)17-6-4-3-5-7-17/h3-9,12-13H,10-11,14H2,1-2H3,(H,26,27,31). The Hall–Kier alpha value is -3.46. The minimum absolute atomic E-state index is 0.0636. The van der Waals surface area contributed by atoms with Gasteiger partial charge in [0, 0.05) is 36.5 Å². The van der Waals surface area contributed by atoms with Crippen molar-refractivity contribution in [2.75, 3.05) is 14.2 Å². The van der Waals surface area contributed by atoms with Gasteiger partial charge >= 0.3 is 0 Å². The topological polar surface area (TPSA) is 93.1 Å². The molecule has 2 aromatic heterocycles. The van der Waals surface area contributed by atoms with E-state index in [9.17, 15) is 9.59 Å². The van der Waals surface area contributed by atoms with Crippen LogP contribution in [0.1, 0.15) is 17.8 Å². The molecule has 0 aliphatic heterocycles. The number of aromatic amines is 1. The van der Waals surface area contributed by atoms with Crippen LogP contribution in [0.5, 0.6) is 5.75 Å². The molecule has 4 rings (SSSR count). The molecule has 9 heteroatoms. The first-order valence-electron chi connectivity index (χ1n) is 10.0. The lowest BCUT2D eigenvalue weighted by Gasteiger charge is -2.19. The summed E-state index contributed by atoms with van der Waals surface area (Å²) >= 11 is 3.45. The number of hydrogen-bond donors (Lipinski definition) is 1. The van der Waals surface area contributed by atoms with E-state index >= 15 is 0 Å². The minimum atomic E-state index is -0.271. The monoisotopic (exact) mass is 495 g/mol. The number of amides is 1. The molecule has 0 bridgehead atoms. The quantitative estimate of drug-likeness (QED) is 0.423. The van der Waals surface area contributed by atoms with E-state index in [1.54, 1.807) is 23.7 Å². The van der Waals surface area contributed by atoms with Crippen LogP contribution >= 0.6 is 15.9 Å². The van der Waals surface area contributed by atoms with E-state index in [1.807, 2.05) is 48.5 Å². The molecule has 0 spiro atoms. The van der Waals surface area contributed by atoms with Crippen LogP contribution in [-0.4, -0.2) is 44.7 Å². The zero-order valence-corrected chi connectivity index (χ0v) is 19.3. The van der Waals surface area contributed by atoms with Gasteiger partial charge in [0.05, 0.1) is 19.0 Å². The van der Waals surface area contributed by atoms with Crippen molar-refractivity contribution < 1.29 is 9.53 Å². The predicted octanol–water partition coefficient (Wildman–Crippen LogP) is 3.47. The number of aryl methyl sites for hydroxylation is 1. The fraction of sp³-hybridized carbons (Fsp3) is 0.217. The number of H-pyrrole nitrogens is 1. The molecule has 0 saturated heterocycles. The van der Waals surface area contributed by atoms with Crippen molar-refractivity contribution >= 4 is 32.9 Å². The number of fused-ring (bicyclic) bond motifs is 1. The average molecular weight is 496 g/mol. The first-order valence-corrected chi connectivity index (χ1v) is 10.8. The summed E-state index contributed by atoms with van der Waals surface area (Å²) < 4.78 is 7.93. The molecule has 0 unspecified atom stereocenters. The molecular formula is C23H22BrN5O3. The molecule has 2 heterocycles. The second-order valence-electron chi connectivity index (χ2n) is 7.35. The summed E-state index contributed by atoms with van der Waals surface area (Å²) in [7, 11) is 3.35. The number of carbonyl (C=O) groups is 1. The smallest absolute Gasteiger partial charge is 0.262 e. The number of nitrogens with one attached hydrogen (secondary N) is 1. The molecular weight excluding hydrogens is 474 g/mol. The maximum Gasteiger partial charge on any atom is 0.262 e. The number of nitrogens with zero attached hydrogens (tertiary/aromatic N) is 4. The summed E-state index contributed by atoms with van der Waals surface area (Å²) in [6.07, 6.45) is 2.02. The molecule has 0 aliphatic rings. The van der Waals surface area contributed by atoms with E-state index in [-0.39, 0.29) is 17.9 Å². The molecule has 1 amide bonds. The zero-order chi connectivity index (χ0) is 22.7. The van der Waals surface area contributed by atoms with Gasteiger partial charge in [-0.05, 0) is 30.3 Å². The van der Waals surface area contributed by atoms with E-state index in [2.05, 4.69) is 31.0 Å². The van der Waals surface area contributed by atoms with Crippen LogP contribution in [0.2, 0.25) is 0 Å². The van der Waals surface area contributed by atoms with Crippen molar-refractivity contribution in [2.45, 2.75) is 19.4 Å². The molecule has 8 nitrogen and oxygen atoms in total. The molecule has 1 N–H and O–H groups in total. The molecule has 0 fully saturated rings. The van der Waals surface area contributed by atoms with Crippen LogP contribution in [0.25, 0.3) is 16.7 Å². The highest BCUT2D eigenvalue weighted by molar-refractivity contribution is 9.10. The molecule has 0 atom stereocenters. The van der Waals surface area contributed by atoms with Gasteiger partial charge in [-0.15, -0.1) is 0 Å². The Morgan fingerprint density at radius 2 is 2.00 bits per heavy atom. The van der Waals surface area contributed by atoms with Crippen molar-refractivity contribution in [2.24, 2.45) is 0 Å². The second kappa shape index (κ2) is 9.35. The van der Waals surface area contributed by atoms with Gasteiger partial charge in [0.1, 0.15) is 17.0 Å². The number of ether oxygens (including phenoxy) is 1. The molecule has 4 aromatic rings.